The van der Waals surface area contributed by atoms with Crippen LogP contribution < -0.4 is 10.6 Å². The van der Waals surface area contributed by atoms with E-state index in [1.165, 1.54) is 7.11 Å². The molecule has 0 saturated carbocycles. The molecule has 1 atom stereocenters. The Labute approximate surface area is 123 Å². The molecule has 1 fully saturated rings. The molecular formula is C13H18N4O2S. The quantitative estimate of drug-likeness (QED) is 0.650. The third-order valence-electron chi connectivity index (χ3n) is 3.70. The lowest BCUT2D eigenvalue weighted by molar-refractivity contribution is -0.144. The van der Waals surface area contributed by atoms with Crippen molar-refractivity contribution < 1.29 is 9.53 Å². The SMILES string of the molecule is COC(=O)C1CCN(c2nnc(C)c(C)c2C(N)=S)C1. The zero-order valence-corrected chi connectivity index (χ0v) is 12.7. The highest BCUT2D eigenvalue weighted by Crippen LogP contribution is 2.27. The maximum absolute atomic E-state index is 11.6. The van der Waals surface area contributed by atoms with Gasteiger partial charge in [-0.05, 0) is 25.8 Å². The lowest BCUT2D eigenvalue weighted by Gasteiger charge is -2.21. The number of methoxy groups -OCH3 is 1. The van der Waals surface area contributed by atoms with Crippen LogP contribution in [-0.4, -0.2) is 41.4 Å². The molecule has 0 bridgehead atoms. The van der Waals surface area contributed by atoms with Gasteiger partial charge in [-0.2, -0.15) is 5.10 Å². The molecule has 20 heavy (non-hydrogen) atoms. The van der Waals surface area contributed by atoms with Crippen LogP contribution in [0.5, 0.6) is 0 Å². The van der Waals surface area contributed by atoms with Gasteiger partial charge in [0.2, 0.25) is 0 Å². The number of ether oxygens (including phenoxy) is 1. The Morgan fingerprint density at radius 1 is 1.45 bits per heavy atom. The summed E-state index contributed by atoms with van der Waals surface area (Å²) in [5, 5.41) is 8.35. The molecule has 7 heteroatoms. The number of nitrogens with zero attached hydrogens (tertiary/aromatic N) is 3. The highest BCUT2D eigenvalue weighted by Gasteiger charge is 2.32. The van der Waals surface area contributed by atoms with Crippen LogP contribution in [0, 0.1) is 19.8 Å². The van der Waals surface area contributed by atoms with Crippen LogP contribution in [0.2, 0.25) is 0 Å². The number of carbonyl (C=O) groups is 1. The van der Waals surface area contributed by atoms with Gasteiger partial charge in [0, 0.05) is 13.1 Å². The third kappa shape index (κ3) is 2.58. The minimum atomic E-state index is -0.193. The molecule has 1 aliphatic rings. The van der Waals surface area contributed by atoms with E-state index in [4.69, 9.17) is 22.7 Å². The van der Waals surface area contributed by atoms with Gasteiger partial charge in [-0.25, -0.2) is 0 Å². The molecule has 1 unspecified atom stereocenters. The second kappa shape index (κ2) is 5.70. The minimum absolute atomic E-state index is 0.136. The fraction of sp³-hybridized carbons (Fsp3) is 0.538. The second-order valence-electron chi connectivity index (χ2n) is 4.93. The highest BCUT2D eigenvalue weighted by molar-refractivity contribution is 7.80. The van der Waals surface area contributed by atoms with Gasteiger partial charge in [0.1, 0.15) is 4.99 Å². The van der Waals surface area contributed by atoms with Crippen LogP contribution in [0.4, 0.5) is 5.82 Å². The van der Waals surface area contributed by atoms with Gasteiger partial charge >= 0.3 is 5.97 Å². The molecule has 0 spiro atoms. The number of aromatic nitrogens is 2. The predicted molar refractivity (Wildman–Crippen MR) is 79.7 cm³/mol. The fourth-order valence-corrected chi connectivity index (χ4v) is 2.67. The van der Waals surface area contributed by atoms with Gasteiger partial charge in [0.05, 0.1) is 24.3 Å². The van der Waals surface area contributed by atoms with E-state index in [-0.39, 0.29) is 11.9 Å². The van der Waals surface area contributed by atoms with Gasteiger partial charge in [-0.3, -0.25) is 4.79 Å². The number of carbonyl (C=O) groups excluding carboxylic acids is 1. The van der Waals surface area contributed by atoms with Crippen LogP contribution in [-0.2, 0) is 9.53 Å². The average Bonchev–Trinajstić information content (AvgIpc) is 2.89. The first kappa shape index (κ1) is 14.6. The second-order valence-corrected chi connectivity index (χ2v) is 5.37. The summed E-state index contributed by atoms with van der Waals surface area (Å²) in [6, 6.07) is 0. The Kier molecular flexibility index (Phi) is 4.17. The van der Waals surface area contributed by atoms with Crippen molar-refractivity contribution in [2.75, 3.05) is 25.1 Å². The fourth-order valence-electron chi connectivity index (χ4n) is 2.42. The van der Waals surface area contributed by atoms with Crippen LogP contribution >= 0.6 is 12.2 Å². The summed E-state index contributed by atoms with van der Waals surface area (Å²) in [7, 11) is 1.40. The largest absolute Gasteiger partial charge is 0.469 e. The Bertz CT molecular complexity index is 562. The molecule has 1 aromatic rings. The summed E-state index contributed by atoms with van der Waals surface area (Å²) in [5.41, 5.74) is 8.31. The highest BCUT2D eigenvalue weighted by atomic mass is 32.1. The van der Waals surface area contributed by atoms with Crippen molar-refractivity contribution in [3.8, 4) is 0 Å². The summed E-state index contributed by atoms with van der Waals surface area (Å²) in [6.07, 6.45) is 0.734. The van der Waals surface area contributed by atoms with E-state index >= 15 is 0 Å². The summed E-state index contributed by atoms with van der Waals surface area (Å²) >= 11 is 5.13. The van der Waals surface area contributed by atoms with Gasteiger partial charge in [-0.1, -0.05) is 12.2 Å². The zero-order chi connectivity index (χ0) is 14.9. The predicted octanol–water partition coefficient (Wildman–Crippen LogP) is 0.727. The smallest absolute Gasteiger partial charge is 0.310 e. The van der Waals surface area contributed by atoms with Gasteiger partial charge in [-0.15, -0.1) is 5.10 Å². The van der Waals surface area contributed by atoms with Crippen LogP contribution in [0.25, 0.3) is 0 Å². The number of hydrogen-bond donors (Lipinski definition) is 1. The summed E-state index contributed by atoms with van der Waals surface area (Å²) < 4.78 is 4.79. The molecule has 0 aromatic carbocycles. The number of thiocarbonyl (C=S) groups is 1. The number of aryl methyl sites for hydroxylation is 1. The maximum Gasteiger partial charge on any atom is 0.310 e. The van der Waals surface area contributed by atoms with Crippen LogP contribution in [0.1, 0.15) is 23.2 Å². The van der Waals surface area contributed by atoms with Crippen molar-refractivity contribution >= 4 is 29.0 Å². The van der Waals surface area contributed by atoms with Crippen molar-refractivity contribution in [2.24, 2.45) is 11.7 Å². The summed E-state index contributed by atoms with van der Waals surface area (Å²) in [6.45, 7) is 5.07. The van der Waals surface area contributed by atoms with E-state index in [0.717, 1.165) is 23.2 Å². The Morgan fingerprint density at radius 2 is 2.15 bits per heavy atom. The third-order valence-corrected chi connectivity index (χ3v) is 3.91. The summed E-state index contributed by atoms with van der Waals surface area (Å²) in [5.74, 6) is 0.329. The molecule has 108 valence electrons. The standard InChI is InChI=1S/C13H18N4O2S/c1-7-8(2)15-16-12(10(7)11(14)20)17-5-4-9(6-17)13(18)19-3/h9H,4-6H2,1-3H3,(H2,14,20). The average molecular weight is 294 g/mol. The zero-order valence-electron chi connectivity index (χ0n) is 11.8. The van der Waals surface area contributed by atoms with E-state index in [1.807, 2.05) is 18.7 Å². The number of anilines is 1. The molecule has 1 aromatic heterocycles. The molecule has 1 saturated heterocycles. The topological polar surface area (TPSA) is 81.3 Å². The Hall–Kier alpha value is -1.76. The van der Waals surface area contributed by atoms with E-state index in [2.05, 4.69) is 10.2 Å². The van der Waals surface area contributed by atoms with Crippen molar-refractivity contribution in [3.63, 3.8) is 0 Å². The summed E-state index contributed by atoms with van der Waals surface area (Å²) in [4.78, 5) is 13.9. The Morgan fingerprint density at radius 3 is 2.75 bits per heavy atom. The van der Waals surface area contributed by atoms with Gasteiger partial charge < -0.3 is 15.4 Å². The molecule has 2 rings (SSSR count). The van der Waals surface area contributed by atoms with E-state index in [9.17, 15) is 4.79 Å². The van der Waals surface area contributed by atoms with E-state index in [0.29, 0.717) is 23.9 Å². The monoisotopic (exact) mass is 294 g/mol. The van der Waals surface area contributed by atoms with Crippen molar-refractivity contribution in [3.05, 3.63) is 16.8 Å². The van der Waals surface area contributed by atoms with Crippen molar-refractivity contribution in [2.45, 2.75) is 20.3 Å². The molecule has 0 aliphatic carbocycles. The molecule has 0 amide bonds. The minimum Gasteiger partial charge on any atom is -0.469 e. The first-order chi connectivity index (χ1) is 9.45. The lowest BCUT2D eigenvalue weighted by Crippen LogP contribution is -2.28. The number of esters is 1. The molecule has 2 N–H and O–H groups in total. The van der Waals surface area contributed by atoms with Crippen LogP contribution in [0.15, 0.2) is 0 Å². The number of rotatable bonds is 3. The number of hydrogen-bond acceptors (Lipinski definition) is 6. The van der Waals surface area contributed by atoms with E-state index < -0.39 is 0 Å². The lowest BCUT2D eigenvalue weighted by atomic mass is 10.1. The van der Waals surface area contributed by atoms with Gasteiger partial charge in [0.25, 0.3) is 0 Å². The molecule has 0 radical (unpaired) electrons. The molecule has 6 nitrogen and oxygen atoms in total. The van der Waals surface area contributed by atoms with Crippen molar-refractivity contribution in [1.82, 2.24) is 10.2 Å². The maximum atomic E-state index is 11.6. The Balaban J connectivity index is 2.33. The molecule has 1 aliphatic heterocycles. The first-order valence-electron chi connectivity index (χ1n) is 6.42. The van der Waals surface area contributed by atoms with Gasteiger partial charge in [0.15, 0.2) is 5.82 Å². The van der Waals surface area contributed by atoms with Crippen molar-refractivity contribution in [1.29, 1.82) is 0 Å². The first-order valence-corrected chi connectivity index (χ1v) is 6.83. The normalized spacial score (nSPS) is 18.1. The molecular weight excluding hydrogens is 276 g/mol. The van der Waals surface area contributed by atoms with Crippen LogP contribution in [0.3, 0.4) is 0 Å². The number of nitrogens with two attached hydrogens (primary N) is 1. The molecule has 2 heterocycles. The van der Waals surface area contributed by atoms with E-state index in [1.54, 1.807) is 0 Å².